The van der Waals surface area contributed by atoms with Crippen LogP contribution in [0.1, 0.15) is 42.5 Å². The fourth-order valence-electron chi connectivity index (χ4n) is 5.10. The third-order valence-corrected chi connectivity index (χ3v) is 7.07. The second-order valence-corrected chi connectivity index (χ2v) is 8.61. The number of benzene rings is 1. The first-order chi connectivity index (χ1) is 14.5. The van der Waals surface area contributed by atoms with E-state index in [-0.39, 0.29) is 11.5 Å². The predicted octanol–water partition coefficient (Wildman–Crippen LogP) is 5.09. The average molecular weight is 430 g/mol. The van der Waals surface area contributed by atoms with Crippen molar-refractivity contribution in [3.8, 4) is 0 Å². The number of allylic oxidation sites excluding steroid dienone is 3. The van der Waals surface area contributed by atoms with Crippen LogP contribution in [0.3, 0.4) is 0 Å². The van der Waals surface area contributed by atoms with E-state index in [0.717, 1.165) is 55.9 Å². The number of carbonyl (C=O) groups excluding carboxylic acids is 1. The van der Waals surface area contributed by atoms with Crippen LogP contribution in [0, 0.1) is 5.41 Å². The van der Waals surface area contributed by atoms with E-state index in [2.05, 4.69) is 24.1 Å². The molecular weight excluding hydrogens is 402 g/mol. The maximum Gasteiger partial charge on any atom is 0.344 e. The standard InChI is InChI=1S/C24H28ClNO4/c1-26-13-12-24(16-8-9-20(28-2)21(14-16)29-3)11-10-17(15-22(24)26)30-23(27)18-6-4-5-7-19(18)25/h4-7,14-15,22H,8-13H2,1-3H3/t22-,24-/m0/s1. The summed E-state index contributed by atoms with van der Waals surface area (Å²) in [5.41, 5.74) is 1.84. The first-order valence-corrected chi connectivity index (χ1v) is 10.8. The number of methoxy groups -OCH3 is 2. The Morgan fingerprint density at radius 1 is 1.13 bits per heavy atom. The molecule has 1 fully saturated rings. The van der Waals surface area contributed by atoms with Gasteiger partial charge in [0.15, 0.2) is 5.76 Å². The topological polar surface area (TPSA) is 48.0 Å². The smallest absolute Gasteiger partial charge is 0.344 e. The summed E-state index contributed by atoms with van der Waals surface area (Å²) in [7, 11) is 5.52. The van der Waals surface area contributed by atoms with Crippen molar-refractivity contribution in [2.75, 3.05) is 27.8 Å². The lowest BCUT2D eigenvalue weighted by Crippen LogP contribution is -2.41. The summed E-state index contributed by atoms with van der Waals surface area (Å²) in [6, 6.07) is 7.18. The van der Waals surface area contributed by atoms with Gasteiger partial charge in [0.05, 0.1) is 24.8 Å². The SMILES string of the molecule is COC1=C(OC)CCC([C@@]23CCC(OC(=O)c4ccccc4Cl)=C[C@@H]2N(C)CC3)=C1. The number of esters is 1. The monoisotopic (exact) mass is 429 g/mol. The Morgan fingerprint density at radius 3 is 2.67 bits per heavy atom. The van der Waals surface area contributed by atoms with Crippen LogP contribution in [0.4, 0.5) is 0 Å². The summed E-state index contributed by atoms with van der Waals surface area (Å²) in [6.07, 6.45) is 8.86. The molecule has 1 heterocycles. The highest BCUT2D eigenvalue weighted by Gasteiger charge is 2.50. The number of hydrogen-bond acceptors (Lipinski definition) is 5. The van der Waals surface area contributed by atoms with Gasteiger partial charge in [0, 0.05) is 24.3 Å². The molecule has 3 aliphatic rings. The summed E-state index contributed by atoms with van der Waals surface area (Å²) < 4.78 is 16.8. The maximum atomic E-state index is 12.6. The molecule has 1 aromatic rings. The van der Waals surface area contributed by atoms with Crippen LogP contribution in [0.2, 0.25) is 5.02 Å². The first-order valence-electron chi connectivity index (χ1n) is 10.4. The molecule has 160 valence electrons. The Morgan fingerprint density at radius 2 is 1.93 bits per heavy atom. The van der Waals surface area contributed by atoms with Crippen molar-refractivity contribution in [1.29, 1.82) is 0 Å². The zero-order chi connectivity index (χ0) is 21.3. The van der Waals surface area contributed by atoms with E-state index < -0.39 is 5.97 Å². The van der Waals surface area contributed by atoms with Crippen LogP contribution in [0.25, 0.3) is 0 Å². The van der Waals surface area contributed by atoms with Gasteiger partial charge in [-0.05, 0) is 57.1 Å². The van der Waals surface area contributed by atoms with Gasteiger partial charge >= 0.3 is 5.97 Å². The Labute approximate surface area is 182 Å². The van der Waals surface area contributed by atoms with Crippen LogP contribution < -0.4 is 0 Å². The number of fused-ring (bicyclic) bond motifs is 1. The summed E-state index contributed by atoms with van der Waals surface area (Å²) >= 11 is 6.16. The molecule has 0 amide bonds. The number of carbonyl (C=O) groups is 1. The van der Waals surface area contributed by atoms with Crippen molar-refractivity contribution >= 4 is 17.6 Å². The highest BCUT2D eigenvalue weighted by Crippen LogP contribution is 2.53. The average Bonchev–Trinajstić information content (AvgIpc) is 3.10. The van der Waals surface area contributed by atoms with Crippen LogP contribution in [-0.2, 0) is 14.2 Å². The van der Waals surface area contributed by atoms with Gasteiger partial charge in [-0.2, -0.15) is 0 Å². The Kier molecular flexibility index (Phi) is 5.94. The normalized spacial score (nSPS) is 26.6. The second-order valence-electron chi connectivity index (χ2n) is 8.20. The number of ether oxygens (including phenoxy) is 3. The molecule has 0 saturated carbocycles. The minimum absolute atomic E-state index is 0.0398. The highest BCUT2D eigenvalue weighted by atomic mass is 35.5. The fraction of sp³-hybridized carbons (Fsp3) is 0.458. The van der Waals surface area contributed by atoms with Crippen molar-refractivity contribution in [3.05, 3.63) is 69.9 Å². The molecule has 0 radical (unpaired) electrons. The van der Waals surface area contributed by atoms with Crippen molar-refractivity contribution in [2.24, 2.45) is 5.41 Å². The number of likely N-dealkylation sites (N-methyl/N-ethyl adjacent to an activating group) is 1. The lowest BCUT2D eigenvalue weighted by molar-refractivity contribution is 0.0585. The van der Waals surface area contributed by atoms with E-state index in [1.165, 1.54) is 5.57 Å². The number of halogens is 1. The Balaban J connectivity index is 1.60. The van der Waals surface area contributed by atoms with Crippen molar-refractivity contribution < 1.29 is 19.0 Å². The molecule has 0 aromatic heterocycles. The van der Waals surface area contributed by atoms with Gasteiger partial charge in [0.1, 0.15) is 11.5 Å². The van der Waals surface area contributed by atoms with Crippen molar-refractivity contribution in [2.45, 2.75) is 38.1 Å². The van der Waals surface area contributed by atoms with E-state index in [0.29, 0.717) is 10.6 Å². The molecule has 30 heavy (non-hydrogen) atoms. The number of rotatable bonds is 5. The molecule has 1 saturated heterocycles. The van der Waals surface area contributed by atoms with Crippen molar-refractivity contribution in [3.63, 3.8) is 0 Å². The molecule has 0 unspecified atom stereocenters. The third kappa shape index (κ3) is 3.65. The van der Waals surface area contributed by atoms with Crippen LogP contribution in [-0.4, -0.2) is 44.7 Å². The third-order valence-electron chi connectivity index (χ3n) is 6.74. The summed E-state index contributed by atoms with van der Waals surface area (Å²) in [5, 5.41) is 0.409. The van der Waals surface area contributed by atoms with Crippen molar-refractivity contribution in [1.82, 2.24) is 4.90 Å². The number of hydrogen-bond donors (Lipinski definition) is 0. The molecule has 5 nitrogen and oxygen atoms in total. The quantitative estimate of drug-likeness (QED) is 0.610. The molecule has 1 aliphatic heterocycles. The van der Waals surface area contributed by atoms with E-state index in [4.69, 9.17) is 25.8 Å². The molecule has 0 spiro atoms. The lowest BCUT2D eigenvalue weighted by atomic mass is 9.65. The second kappa shape index (κ2) is 8.48. The summed E-state index contributed by atoms with van der Waals surface area (Å²) in [6.45, 7) is 1.01. The fourth-order valence-corrected chi connectivity index (χ4v) is 5.31. The first kappa shape index (κ1) is 21.0. The van der Waals surface area contributed by atoms with E-state index >= 15 is 0 Å². The Hall–Kier alpha value is -2.24. The molecule has 6 heteroatoms. The van der Waals surface area contributed by atoms with E-state index in [1.807, 2.05) is 0 Å². The minimum atomic E-state index is -0.397. The minimum Gasteiger partial charge on any atom is -0.497 e. The predicted molar refractivity (Wildman–Crippen MR) is 116 cm³/mol. The van der Waals surface area contributed by atoms with Gasteiger partial charge < -0.3 is 14.2 Å². The van der Waals surface area contributed by atoms with Gasteiger partial charge in [-0.25, -0.2) is 4.79 Å². The molecule has 0 N–H and O–H groups in total. The van der Waals surface area contributed by atoms with Gasteiger partial charge in [-0.15, -0.1) is 0 Å². The molecule has 4 rings (SSSR count). The summed E-state index contributed by atoms with van der Waals surface area (Å²) in [4.78, 5) is 15.0. The van der Waals surface area contributed by atoms with Crippen LogP contribution in [0.5, 0.6) is 0 Å². The highest BCUT2D eigenvalue weighted by molar-refractivity contribution is 6.33. The van der Waals surface area contributed by atoms with E-state index in [1.54, 1.807) is 38.5 Å². The number of likely N-dealkylation sites (tertiary alicyclic amines) is 1. The molecule has 0 bridgehead atoms. The lowest BCUT2D eigenvalue weighted by Gasteiger charge is -2.42. The Bertz CT molecular complexity index is 935. The molecular formula is C24H28ClNO4. The van der Waals surface area contributed by atoms with Gasteiger partial charge in [0.25, 0.3) is 0 Å². The maximum absolute atomic E-state index is 12.6. The van der Waals surface area contributed by atoms with E-state index in [9.17, 15) is 4.79 Å². The van der Waals surface area contributed by atoms with Crippen LogP contribution >= 0.6 is 11.6 Å². The largest absolute Gasteiger partial charge is 0.497 e. The van der Waals surface area contributed by atoms with Crippen LogP contribution in [0.15, 0.2) is 59.3 Å². The van der Waals surface area contributed by atoms with Gasteiger partial charge in [-0.3, -0.25) is 4.90 Å². The van der Waals surface area contributed by atoms with Gasteiger partial charge in [-0.1, -0.05) is 29.3 Å². The zero-order valence-electron chi connectivity index (χ0n) is 17.7. The molecule has 1 aromatic carbocycles. The molecule has 2 aliphatic carbocycles. The van der Waals surface area contributed by atoms with Gasteiger partial charge in [0.2, 0.25) is 0 Å². The number of nitrogens with zero attached hydrogens (tertiary/aromatic N) is 1. The summed E-state index contributed by atoms with van der Waals surface area (Å²) in [5.74, 6) is 2.06. The molecule has 2 atom stereocenters. The zero-order valence-corrected chi connectivity index (χ0v) is 18.5.